The molecule has 43 heavy (non-hydrogen) atoms. The van der Waals surface area contributed by atoms with Crippen molar-refractivity contribution in [3.8, 4) is 11.5 Å². The number of hydrogen-bond acceptors (Lipinski definition) is 7. The number of benzene rings is 3. The Bertz CT molecular complexity index is 1340. The van der Waals surface area contributed by atoms with Gasteiger partial charge in [-0.2, -0.15) is 0 Å². The molecule has 2 fully saturated rings. The summed E-state index contributed by atoms with van der Waals surface area (Å²) in [6.45, 7) is 6.98. The van der Waals surface area contributed by atoms with Crippen LogP contribution in [0.5, 0.6) is 11.5 Å². The first-order valence-electron chi connectivity index (χ1n) is 15.6. The monoisotopic (exact) mass is 585 g/mol. The highest BCUT2D eigenvalue weighted by atomic mass is 16.6. The van der Waals surface area contributed by atoms with E-state index in [0.717, 1.165) is 69.0 Å². The zero-order chi connectivity index (χ0) is 29.4. The molecule has 8 nitrogen and oxygen atoms in total. The third-order valence-corrected chi connectivity index (χ3v) is 8.88. The van der Waals surface area contributed by atoms with Gasteiger partial charge in [0.25, 0.3) is 0 Å². The molecule has 0 aromatic heterocycles. The molecular formula is C35H43N3O5. The fraction of sp³-hybridized carbons (Fsp3) is 0.457. The summed E-state index contributed by atoms with van der Waals surface area (Å²) in [5.74, 6) is 2.14. The lowest BCUT2D eigenvalue weighted by Crippen LogP contribution is -2.41. The van der Waals surface area contributed by atoms with Crippen LogP contribution in [0.4, 0.5) is 10.5 Å². The second-order valence-corrected chi connectivity index (χ2v) is 11.7. The molecule has 2 saturated heterocycles. The molecule has 0 radical (unpaired) electrons. The van der Waals surface area contributed by atoms with Crippen LogP contribution in [0.2, 0.25) is 0 Å². The summed E-state index contributed by atoms with van der Waals surface area (Å²) in [5, 5.41) is 3.50. The number of hydrogen-bond donors (Lipinski definition) is 1. The summed E-state index contributed by atoms with van der Waals surface area (Å²) in [4.78, 5) is 17.1. The summed E-state index contributed by atoms with van der Waals surface area (Å²) >= 11 is 0. The Morgan fingerprint density at radius 3 is 2.70 bits per heavy atom. The minimum atomic E-state index is -0.276. The molecule has 0 saturated carbocycles. The van der Waals surface area contributed by atoms with Crippen molar-refractivity contribution in [1.29, 1.82) is 0 Å². The maximum atomic E-state index is 12.9. The Labute approximate surface area is 254 Å². The third kappa shape index (κ3) is 7.32. The van der Waals surface area contributed by atoms with Gasteiger partial charge in [-0.1, -0.05) is 48.5 Å². The Hall–Kier alpha value is -3.59. The highest BCUT2D eigenvalue weighted by molar-refractivity contribution is 5.71. The van der Waals surface area contributed by atoms with Gasteiger partial charge in [0, 0.05) is 51.7 Å². The van der Waals surface area contributed by atoms with Crippen molar-refractivity contribution in [2.75, 3.05) is 64.5 Å². The highest BCUT2D eigenvalue weighted by Crippen LogP contribution is 2.34. The smallest absolute Gasteiger partial charge is 0.415 e. The molecule has 3 aliphatic rings. The van der Waals surface area contributed by atoms with Crippen LogP contribution in [0.25, 0.3) is 0 Å². The van der Waals surface area contributed by atoms with Crippen molar-refractivity contribution in [2.45, 2.75) is 43.8 Å². The van der Waals surface area contributed by atoms with Crippen molar-refractivity contribution in [2.24, 2.45) is 0 Å². The van der Waals surface area contributed by atoms with Gasteiger partial charge in [0.15, 0.2) is 0 Å². The Morgan fingerprint density at radius 2 is 1.86 bits per heavy atom. The molecule has 0 spiro atoms. The number of methoxy groups -OCH3 is 1. The maximum Gasteiger partial charge on any atom is 0.415 e. The Kier molecular flexibility index (Phi) is 9.77. The maximum absolute atomic E-state index is 12.9. The van der Waals surface area contributed by atoms with E-state index in [4.69, 9.17) is 18.9 Å². The van der Waals surface area contributed by atoms with Crippen LogP contribution in [0.3, 0.4) is 0 Å². The van der Waals surface area contributed by atoms with Crippen LogP contribution < -0.4 is 19.7 Å². The van der Waals surface area contributed by atoms with E-state index >= 15 is 0 Å². The third-order valence-electron chi connectivity index (χ3n) is 8.88. The van der Waals surface area contributed by atoms with Crippen LogP contribution in [0.1, 0.15) is 47.8 Å². The first-order chi connectivity index (χ1) is 21.2. The van der Waals surface area contributed by atoms with E-state index < -0.39 is 0 Å². The predicted octanol–water partition coefficient (Wildman–Crippen LogP) is 5.57. The van der Waals surface area contributed by atoms with Crippen LogP contribution in [0, 0.1) is 0 Å². The average Bonchev–Trinajstić information content (AvgIpc) is 3.56. The first-order valence-corrected chi connectivity index (χ1v) is 15.6. The van der Waals surface area contributed by atoms with Gasteiger partial charge in [-0.15, -0.1) is 0 Å². The number of nitrogens with one attached hydrogen (secondary N) is 1. The lowest BCUT2D eigenvalue weighted by atomic mass is 9.87. The van der Waals surface area contributed by atoms with Gasteiger partial charge >= 0.3 is 6.09 Å². The van der Waals surface area contributed by atoms with Crippen molar-refractivity contribution in [3.05, 3.63) is 89.5 Å². The Morgan fingerprint density at radius 1 is 1.00 bits per heavy atom. The number of piperidine rings is 1. The number of anilines is 1. The van der Waals surface area contributed by atoms with Crippen molar-refractivity contribution >= 4 is 11.8 Å². The minimum absolute atomic E-state index is 0.0479. The number of ether oxygens (including phenoxy) is 4. The molecule has 1 amide bonds. The van der Waals surface area contributed by atoms with Gasteiger partial charge in [-0.25, -0.2) is 4.79 Å². The topological polar surface area (TPSA) is 72.5 Å². The van der Waals surface area contributed by atoms with Gasteiger partial charge in [0.05, 0.1) is 24.9 Å². The van der Waals surface area contributed by atoms with E-state index in [2.05, 4.69) is 64.8 Å². The quantitative estimate of drug-likeness (QED) is 0.312. The molecule has 0 bridgehead atoms. The molecule has 3 heterocycles. The first kappa shape index (κ1) is 29.5. The number of carbonyl (C=O) groups excluding carboxylic acids is 1. The van der Waals surface area contributed by atoms with Crippen molar-refractivity contribution < 1.29 is 23.7 Å². The second kappa shape index (κ2) is 14.3. The number of fused-ring (bicyclic) bond motifs is 1. The number of nitrogens with zero attached hydrogens (tertiary/aromatic N) is 2. The number of amides is 1. The molecule has 3 aromatic rings. The summed E-state index contributed by atoms with van der Waals surface area (Å²) in [7, 11) is 1.75. The zero-order valence-corrected chi connectivity index (χ0v) is 25.1. The number of likely N-dealkylation sites (tertiary alicyclic amines) is 1. The molecule has 1 N–H and O–H groups in total. The van der Waals surface area contributed by atoms with E-state index in [1.54, 1.807) is 7.11 Å². The summed E-state index contributed by atoms with van der Waals surface area (Å²) in [6, 6.07) is 24.8. The second-order valence-electron chi connectivity index (χ2n) is 11.7. The zero-order valence-electron chi connectivity index (χ0n) is 25.1. The standard InChI is InChI=1S/C35H43N3O5/c1-40-20-5-17-37-19-21-41-33-13-8-26(22-32(33)37)25-42-34-23-36-16-14-31(34)28-9-11-30(12-10-28)43-35(39)38-18-15-29(24-38)27-6-3-2-4-7-27/h2-4,6-13,22,29,31,34,36H,5,14-21,23-25H2,1H3/t29?,31-,34+/m1/s1. The molecule has 3 atom stereocenters. The number of carbonyl (C=O) groups is 1. The molecule has 228 valence electrons. The van der Waals surface area contributed by atoms with Gasteiger partial charge in [-0.05, 0) is 66.8 Å². The van der Waals surface area contributed by atoms with Gasteiger partial charge in [0.2, 0.25) is 0 Å². The molecule has 3 aliphatic heterocycles. The summed E-state index contributed by atoms with van der Waals surface area (Å²) in [5.41, 5.74) is 4.77. The fourth-order valence-corrected chi connectivity index (χ4v) is 6.50. The predicted molar refractivity (Wildman–Crippen MR) is 167 cm³/mol. The van der Waals surface area contributed by atoms with Crippen LogP contribution >= 0.6 is 0 Å². The SMILES string of the molecule is COCCCN1CCOc2ccc(CO[C@H]3CNCC[C@@H]3c3ccc(OC(=O)N4CCC(c5ccccc5)C4)cc3)cc21. The lowest BCUT2D eigenvalue weighted by molar-refractivity contribution is 0.0106. The Balaban J connectivity index is 1.04. The fourth-order valence-electron chi connectivity index (χ4n) is 6.50. The van der Waals surface area contributed by atoms with E-state index in [9.17, 15) is 4.79 Å². The molecule has 3 aromatic carbocycles. The van der Waals surface area contributed by atoms with E-state index in [1.807, 2.05) is 23.1 Å². The van der Waals surface area contributed by atoms with Crippen LogP contribution in [-0.4, -0.2) is 76.7 Å². The van der Waals surface area contributed by atoms with Crippen molar-refractivity contribution in [3.63, 3.8) is 0 Å². The number of rotatable bonds is 10. The van der Waals surface area contributed by atoms with Crippen LogP contribution in [-0.2, 0) is 16.1 Å². The molecule has 6 rings (SSSR count). The minimum Gasteiger partial charge on any atom is -0.490 e. The van der Waals surface area contributed by atoms with Gasteiger partial charge in [0.1, 0.15) is 18.1 Å². The van der Waals surface area contributed by atoms with Crippen LogP contribution in [0.15, 0.2) is 72.8 Å². The molecule has 1 unspecified atom stereocenters. The largest absolute Gasteiger partial charge is 0.490 e. The lowest BCUT2D eigenvalue weighted by Gasteiger charge is -2.33. The van der Waals surface area contributed by atoms with Crippen molar-refractivity contribution in [1.82, 2.24) is 10.2 Å². The average molecular weight is 586 g/mol. The normalized spacial score (nSPS) is 21.7. The summed E-state index contributed by atoms with van der Waals surface area (Å²) < 4.78 is 23.5. The molecule has 0 aliphatic carbocycles. The van der Waals surface area contributed by atoms with E-state index in [0.29, 0.717) is 38.0 Å². The van der Waals surface area contributed by atoms with Gasteiger partial charge in [-0.3, -0.25) is 0 Å². The summed E-state index contributed by atoms with van der Waals surface area (Å²) in [6.07, 6.45) is 2.70. The molecule has 8 heteroatoms. The van der Waals surface area contributed by atoms with E-state index in [1.165, 1.54) is 11.1 Å². The highest BCUT2D eigenvalue weighted by Gasteiger charge is 2.30. The molecular weight excluding hydrogens is 542 g/mol. The van der Waals surface area contributed by atoms with Gasteiger partial charge < -0.3 is 34.1 Å². The van der Waals surface area contributed by atoms with E-state index in [-0.39, 0.29) is 18.1 Å².